The summed E-state index contributed by atoms with van der Waals surface area (Å²) >= 11 is 12.1. The topological polar surface area (TPSA) is 128 Å². The first-order chi connectivity index (χ1) is 17.7. The molecule has 2 N–H and O–H groups in total. The number of amides is 1. The average molecular weight is 546 g/mol. The van der Waals surface area contributed by atoms with Gasteiger partial charge in [0.15, 0.2) is 0 Å². The summed E-state index contributed by atoms with van der Waals surface area (Å²) in [7, 11) is 0. The molecular formula is C26H21Cl2NO8. The molecule has 0 saturated carbocycles. The van der Waals surface area contributed by atoms with Gasteiger partial charge in [0.2, 0.25) is 12.2 Å². The van der Waals surface area contributed by atoms with Crippen molar-refractivity contribution in [2.24, 2.45) is 0 Å². The Hall–Kier alpha value is -4.08. The van der Waals surface area contributed by atoms with Crippen LogP contribution in [-0.2, 0) is 19.1 Å². The third-order valence-corrected chi connectivity index (χ3v) is 5.52. The van der Waals surface area contributed by atoms with Gasteiger partial charge >= 0.3 is 17.9 Å². The molecule has 3 aromatic rings. The van der Waals surface area contributed by atoms with Crippen molar-refractivity contribution in [1.82, 2.24) is 0 Å². The van der Waals surface area contributed by atoms with E-state index in [1.807, 2.05) is 6.92 Å². The number of benzene rings is 3. The van der Waals surface area contributed by atoms with E-state index in [0.29, 0.717) is 12.4 Å². The van der Waals surface area contributed by atoms with E-state index in [9.17, 15) is 24.3 Å². The third kappa shape index (κ3) is 7.22. The monoisotopic (exact) mass is 545 g/mol. The summed E-state index contributed by atoms with van der Waals surface area (Å²) in [6.07, 6.45) is -4.32. The van der Waals surface area contributed by atoms with Gasteiger partial charge in [-0.05, 0) is 55.5 Å². The van der Waals surface area contributed by atoms with Crippen LogP contribution >= 0.6 is 23.2 Å². The second-order valence-electron chi connectivity index (χ2n) is 7.40. The van der Waals surface area contributed by atoms with Crippen LogP contribution in [0.1, 0.15) is 27.6 Å². The maximum atomic E-state index is 13.2. The molecule has 0 aliphatic heterocycles. The van der Waals surface area contributed by atoms with Gasteiger partial charge in [0, 0.05) is 5.69 Å². The van der Waals surface area contributed by atoms with Crippen LogP contribution in [0.25, 0.3) is 0 Å². The number of ether oxygens (including phenoxy) is 3. The van der Waals surface area contributed by atoms with Crippen LogP contribution in [0.2, 0.25) is 10.0 Å². The Morgan fingerprint density at radius 2 is 1.27 bits per heavy atom. The van der Waals surface area contributed by atoms with E-state index in [1.54, 1.807) is 24.3 Å². The summed E-state index contributed by atoms with van der Waals surface area (Å²) in [5.41, 5.74) is -0.0167. The van der Waals surface area contributed by atoms with Crippen LogP contribution in [0.4, 0.5) is 5.69 Å². The molecule has 0 heterocycles. The summed E-state index contributed by atoms with van der Waals surface area (Å²) in [6, 6.07) is 17.8. The summed E-state index contributed by atoms with van der Waals surface area (Å²) in [5, 5.41) is 12.3. The fraction of sp³-hybridized carbons (Fsp3) is 0.154. The molecule has 192 valence electrons. The van der Waals surface area contributed by atoms with E-state index >= 15 is 0 Å². The van der Waals surface area contributed by atoms with E-state index in [-0.39, 0.29) is 26.9 Å². The standard InChI is InChI=1S/C26H21Cl2NO8/c1-2-35-16-13-11-15(12-14-16)29-23(30)21(36-25(33)17-7-3-5-9-19(17)27)22(24(31)32)37-26(34)18-8-4-6-10-20(18)28/h3-14,21-22H,2H2,1H3,(H,29,30)(H,31,32)/t21-,22-/m1/s1. The maximum Gasteiger partial charge on any atom is 0.349 e. The Balaban J connectivity index is 1.92. The van der Waals surface area contributed by atoms with Crippen LogP contribution in [0.5, 0.6) is 5.75 Å². The van der Waals surface area contributed by atoms with Gasteiger partial charge in [-0.1, -0.05) is 47.5 Å². The zero-order valence-electron chi connectivity index (χ0n) is 19.4. The number of carbonyl (C=O) groups excluding carboxylic acids is 3. The smallest absolute Gasteiger partial charge is 0.349 e. The second kappa shape index (κ2) is 12.8. The minimum atomic E-state index is -2.22. The summed E-state index contributed by atoms with van der Waals surface area (Å²) in [4.78, 5) is 50.8. The minimum absolute atomic E-state index is 0.0000837. The van der Waals surface area contributed by atoms with Gasteiger partial charge in [0.25, 0.3) is 5.91 Å². The Morgan fingerprint density at radius 3 is 1.73 bits per heavy atom. The lowest BCUT2D eigenvalue weighted by molar-refractivity contribution is -0.157. The highest BCUT2D eigenvalue weighted by molar-refractivity contribution is 6.34. The van der Waals surface area contributed by atoms with Crippen LogP contribution in [0, 0.1) is 0 Å². The molecule has 0 unspecified atom stereocenters. The predicted octanol–water partition coefficient (Wildman–Crippen LogP) is 4.87. The number of hydrogen-bond acceptors (Lipinski definition) is 7. The minimum Gasteiger partial charge on any atom is -0.494 e. The number of halogens is 2. The number of carboxylic acid groups (broad SMARTS) is 1. The van der Waals surface area contributed by atoms with Gasteiger partial charge in [-0.25, -0.2) is 14.4 Å². The highest BCUT2D eigenvalue weighted by Gasteiger charge is 2.41. The number of carboxylic acids is 1. The van der Waals surface area contributed by atoms with Crippen LogP contribution in [0.15, 0.2) is 72.8 Å². The summed E-state index contributed by atoms with van der Waals surface area (Å²) in [6.45, 7) is 2.24. The van der Waals surface area contributed by atoms with Gasteiger partial charge in [0.05, 0.1) is 27.8 Å². The number of rotatable bonds is 10. The van der Waals surface area contributed by atoms with Crippen molar-refractivity contribution in [3.05, 3.63) is 94.0 Å². The van der Waals surface area contributed by atoms with Gasteiger partial charge < -0.3 is 24.6 Å². The lowest BCUT2D eigenvalue weighted by Gasteiger charge is -2.24. The number of anilines is 1. The lowest BCUT2D eigenvalue weighted by atomic mass is 10.1. The molecule has 9 nitrogen and oxygen atoms in total. The molecule has 3 aromatic carbocycles. The van der Waals surface area contributed by atoms with E-state index in [2.05, 4.69) is 5.32 Å². The molecule has 0 spiro atoms. The lowest BCUT2D eigenvalue weighted by Crippen LogP contribution is -2.48. The zero-order valence-corrected chi connectivity index (χ0v) is 20.9. The van der Waals surface area contributed by atoms with Gasteiger partial charge in [0.1, 0.15) is 5.75 Å². The molecular weight excluding hydrogens is 525 g/mol. The molecule has 11 heteroatoms. The molecule has 0 bridgehead atoms. The second-order valence-corrected chi connectivity index (χ2v) is 8.21. The molecule has 0 radical (unpaired) electrons. The van der Waals surface area contributed by atoms with Crippen molar-refractivity contribution >= 4 is 52.7 Å². The molecule has 3 rings (SSSR count). The molecule has 1 amide bonds. The SMILES string of the molecule is CCOc1ccc(NC(=O)[C@H](OC(=O)c2ccccc2Cl)[C@@H](OC(=O)c2ccccc2Cl)C(=O)O)cc1. The first kappa shape index (κ1) is 27.5. The molecule has 0 aliphatic rings. The number of esters is 2. The van der Waals surface area contributed by atoms with Crippen molar-refractivity contribution < 1.29 is 38.5 Å². The van der Waals surface area contributed by atoms with Crippen molar-refractivity contribution in [3.8, 4) is 5.75 Å². The fourth-order valence-electron chi connectivity index (χ4n) is 3.12. The van der Waals surface area contributed by atoms with E-state index in [0.717, 1.165) is 0 Å². The number of hydrogen-bond donors (Lipinski definition) is 2. The molecule has 0 aliphatic carbocycles. The molecule has 0 fully saturated rings. The zero-order chi connectivity index (χ0) is 26.9. The quantitative estimate of drug-likeness (QED) is 0.345. The first-order valence-electron chi connectivity index (χ1n) is 10.9. The normalized spacial score (nSPS) is 12.1. The number of nitrogens with one attached hydrogen (secondary N) is 1. The Kier molecular flexibility index (Phi) is 9.48. The van der Waals surface area contributed by atoms with Crippen LogP contribution in [-0.4, -0.2) is 47.7 Å². The van der Waals surface area contributed by atoms with E-state index in [4.69, 9.17) is 37.4 Å². The van der Waals surface area contributed by atoms with Gasteiger partial charge in [-0.15, -0.1) is 0 Å². The van der Waals surface area contributed by atoms with Crippen molar-refractivity contribution in [3.63, 3.8) is 0 Å². The highest BCUT2D eigenvalue weighted by atomic mass is 35.5. The summed E-state index contributed by atoms with van der Waals surface area (Å²) < 4.78 is 15.7. The molecule has 0 saturated heterocycles. The highest BCUT2D eigenvalue weighted by Crippen LogP contribution is 2.22. The first-order valence-corrected chi connectivity index (χ1v) is 11.6. The van der Waals surface area contributed by atoms with Crippen LogP contribution in [0.3, 0.4) is 0 Å². The third-order valence-electron chi connectivity index (χ3n) is 4.87. The van der Waals surface area contributed by atoms with E-state index in [1.165, 1.54) is 48.5 Å². The molecule has 2 atom stereocenters. The van der Waals surface area contributed by atoms with Crippen molar-refractivity contribution in [1.29, 1.82) is 0 Å². The Morgan fingerprint density at radius 1 is 0.784 bits per heavy atom. The molecule has 0 aromatic heterocycles. The molecule has 37 heavy (non-hydrogen) atoms. The van der Waals surface area contributed by atoms with Gasteiger partial charge in [-0.3, -0.25) is 4.79 Å². The maximum absolute atomic E-state index is 13.2. The van der Waals surface area contributed by atoms with Crippen molar-refractivity contribution in [2.75, 3.05) is 11.9 Å². The fourth-order valence-corrected chi connectivity index (χ4v) is 3.55. The summed E-state index contributed by atoms with van der Waals surface area (Å²) in [5.74, 6) is -4.49. The number of carbonyl (C=O) groups is 4. The van der Waals surface area contributed by atoms with Crippen LogP contribution < -0.4 is 10.1 Å². The van der Waals surface area contributed by atoms with Crippen molar-refractivity contribution in [2.45, 2.75) is 19.1 Å². The number of aliphatic carboxylic acids is 1. The Labute approximate surface area is 221 Å². The van der Waals surface area contributed by atoms with Gasteiger partial charge in [-0.2, -0.15) is 0 Å². The largest absolute Gasteiger partial charge is 0.494 e. The predicted molar refractivity (Wildman–Crippen MR) is 135 cm³/mol. The van der Waals surface area contributed by atoms with E-state index < -0.39 is 36.0 Å². The Bertz CT molecular complexity index is 1300. The average Bonchev–Trinajstić information content (AvgIpc) is 2.87.